The van der Waals surface area contributed by atoms with Crippen LogP contribution in [0.15, 0.2) is 54.7 Å². The maximum Gasteiger partial charge on any atom is 0.264 e. The molecule has 1 amide bonds. The zero-order chi connectivity index (χ0) is 26.2. The fourth-order valence-corrected chi connectivity index (χ4v) is 3.73. The second-order valence-electron chi connectivity index (χ2n) is 8.21. The summed E-state index contributed by atoms with van der Waals surface area (Å²) in [6.45, 7) is 0.275. The molecule has 2 aromatic carbocycles. The molecule has 2 heterocycles. The van der Waals surface area contributed by atoms with Crippen molar-refractivity contribution >= 4 is 17.5 Å². The van der Waals surface area contributed by atoms with E-state index in [1.807, 2.05) is 0 Å². The van der Waals surface area contributed by atoms with E-state index in [0.717, 1.165) is 31.2 Å². The molecule has 0 fully saturated rings. The largest absolute Gasteiger partial charge is 0.382 e. The highest BCUT2D eigenvalue weighted by Crippen LogP contribution is 2.33. The molecule has 188 valence electrons. The minimum Gasteiger partial charge on any atom is -0.382 e. The minimum absolute atomic E-state index is 0.0246. The molecule has 0 bridgehead atoms. The van der Waals surface area contributed by atoms with Crippen molar-refractivity contribution in [3.8, 4) is 11.1 Å². The van der Waals surface area contributed by atoms with E-state index in [1.54, 1.807) is 0 Å². The first-order valence-corrected chi connectivity index (χ1v) is 10.6. The number of aromatic nitrogens is 3. The van der Waals surface area contributed by atoms with Crippen molar-refractivity contribution in [2.24, 2.45) is 0 Å². The molecule has 4 aromatic rings. The summed E-state index contributed by atoms with van der Waals surface area (Å²) in [6, 6.07) is 9.22. The van der Waals surface area contributed by atoms with E-state index in [9.17, 15) is 27.5 Å². The molecule has 4 N–H and O–H groups in total. The Labute approximate surface area is 201 Å². The van der Waals surface area contributed by atoms with Crippen LogP contribution in [-0.4, -0.2) is 38.3 Å². The molecule has 12 heteroatoms. The summed E-state index contributed by atoms with van der Waals surface area (Å²) in [6.07, 6.45) is -3.90. The number of anilines is 1. The first kappa shape index (κ1) is 25.0. The van der Waals surface area contributed by atoms with E-state index in [4.69, 9.17) is 5.73 Å². The Morgan fingerprint density at radius 1 is 1.14 bits per heavy atom. The van der Waals surface area contributed by atoms with Crippen LogP contribution < -0.4 is 11.1 Å². The number of fused-ring (bicyclic) bond motifs is 1. The Morgan fingerprint density at radius 3 is 2.50 bits per heavy atom. The number of hydrogen-bond acceptors (Lipinski definition) is 5. The van der Waals surface area contributed by atoms with Crippen LogP contribution in [-0.2, 0) is 5.60 Å². The average Bonchev–Trinajstić information content (AvgIpc) is 3.21. The van der Waals surface area contributed by atoms with Gasteiger partial charge in [0.2, 0.25) is 5.95 Å². The fourth-order valence-electron chi connectivity index (χ4n) is 3.73. The molecular formula is C24H20F5N5O2. The van der Waals surface area contributed by atoms with Gasteiger partial charge in [-0.25, -0.2) is 26.5 Å². The van der Waals surface area contributed by atoms with Crippen LogP contribution in [0.4, 0.5) is 27.9 Å². The molecule has 4 rings (SSSR count). The van der Waals surface area contributed by atoms with Crippen LogP contribution in [0, 0.1) is 11.6 Å². The molecule has 0 saturated heterocycles. The Bertz CT molecular complexity index is 1420. The maximum absolute atomic E-state index is 15.5. The molecule has 2 atom stereocenters. The van der Waals surface area contributed by atoms with Gasteiger partial charge in [0.1, 0.15) is 23.4 Å². The number of rotatable bonds is 7. The molecule has 7 nitrogen and oxygen atoms in total. The van der Waals surface area contributed by atoms with E-state index in [0.29, 0.717) is 0 Å². The van der Waals surface area contributed by atoms with Crippen LogP contribution in [0.2, 0.25) is 0 Å². The zero-order valence-corrected chi connectivity index (χ0v) is 18.7. The molecule has 0 saturated carbocycles. The van der Waals surface area contributed by atoms with Gasteiger partial charge in [-0.05, 0) is 42.3 Å². The topological polar surface area (TPSA) is 106 Å². The smallest absolute Gasteiger partial charge is 0.264 e. The van der Waals surface area contributed by atoms with Gasteiger partial charge in [-0.15, -0.1) is 5.10 Å². The Balaban J connectivity index is 1.62. The van der Waals surface area contributed by atoms with Crippen LogP contribution >= 0.6 is 0 Å². The van der Waals surface area contributed by atoms with Crippen molar-refractivity contribution in [3.63, 3.8) is 0 Å². The van der Waals surface area contributed by atoms with E-state index in [2.05, 4.69) is 15.4 Å². The van der Waals surface area contributed by atoms with Crippen molar-refractivity contribution in [2.75, 3.05) is 12.3 Å². The summed E-state index contributed by atoms with van der Waals surface area (Å²) >= 11 is 0. The maximum atomic E-state index is 15.5. The predicted molar refractivity (Wildman–Crippen MR) is 121 cm³/mol. The third-order valence-electron chi connectivity index (χ3n) is 5.78. The number of carbonyl (C=O) groups is 1. The summed E-state index contributed by atoms with van der Waals surface area (Å²) in [5, 5.41) is 16.5. The molecule has 0 radical (unpaired) electrons. The number of alkyl halides is 3. The number of hydrogen-bond donors (Lipinski definition) is 3. The summed E-state index contributed by atoms with van der Waals surface area (Å²) in [5.74, 6) is -3.17. The summed E-state index contributed by atoms with van der Waals surface area (Å²) in [5.41, 5.74) is 1.86. The lowest BCUT2D eigenvalue weighted by Crippen LogP contribution is -2.42. The van der Waals surface area contributed by atoms with Crippen LogP contribution in [0.1, 0.15) is 34.8 Å². The van der Waals surface area contributed by atoms with Gasteiger partial charge >= 0.3 is 0 Å². The predicted octanol–water partition coefficient (Wildman–Crippen LogP) is 4.17. The van der Waals surface area contributed by atoms with Crippen molar-refractivity contribution in [1.29, 1.82) is 0 Å². The number of nitrogen functional groups attached to an aromatic ring is 1. The molecule has 2 aromatic heterocycles. The lowest BCUT2D eigenvalue weighted by molar-refractivity contribution is -0.0230. The third-order valence-corrected chi connectivity index (χ3v) is 5.78. The zero-order valence-electron chi connectivity index (χ0n) is 18.7. The van der Waals surface area contributed by atoms with Gasteiger partial charge in [-0.3, -0.25) is 4.79 Å². The first-order chi connectivity index (χ1) is 17.0. The highest BCUT2D eigenvalue weighted by atomic mass is 19.3. The molecule has 0 aliphatic heterocycles. The molecule has 36 heavy (non-hydrogen) atoms. The van der Waals surface area contributed by atoms with E-state index < -0.39 is 53.4 Å². The number of halogens is 5. The van der Waals surface area contributed by atoms with Crippen molar-refractivity contribution in [1.82, 2.24) is 19.9 Å². The van der Waals surface area contributed by atoms with E-state index in [-0.39, 0.29) is 28.3 Å². The minimum atomic E-state index is -3.20. The van der Waals surface area contributed by atoms with Crippen molar-refractivity contribution < 1.29 is 31.9 Å². The molecule has 0 unspecified atom stereocenters. The Kier molecular flexibility index (Phi) is 6.63. The number of benzene rings is 2. The second kappa shape index (κ2) is 9.53. The Morgan fingerprint density at radius 2 is 1.83 bits per heavy atom. The van der Waals surface area contributed by atoms with Gasteiger partial charge in [0.05, 0.1) is 12.1 Å². The Hall–Kier alpha value is -4.06. The van der Waals surface area contributed by atoms with Crippen LogP contribution in [0.3, 0.4) is 0 Å². The average molecular weight is 505 g/mol. The van der Waals surface area contributed by atoms with Crippen molar-refractivity contribution in [3.05, 3.63) is 83.1 Å². The van der Waals surface area contributed by atoms with Crippen LogP contribution in [0.25, 0.3) is 16.8 Å². The number of nitrogens with one attached hydrogen (secondary N) is 1. The number of aliphatic hydroxyl groups is 1. The molecule has 0 spiro atoms. The molecule has 0 aliphatic carbocycles. The van der Waals surface area contributed by atoms with Gasteiger partial charge < -0.3 is 16.2 Å². The monoisotopic (exact) mass is 505 g/mol. The van der Waals surface area contributed by atoms with Crippen molar-refractivity contribution in [2.45, 2.75) is 25.1 Å². The van der Waals surface area contributed by atoms with E-state index >= 15 is 4.39 Å². The number of amides is 1. The highest BCUT2D eigenvalue weighted by Gasteiger charge is 2.35. The lowest BCUT2D eigenvalue weighted by atomic mass is 9.91. The fraction of sp³-hybridized carbons (Fsp3) is 0.208. The third kappa shape index (κ3) is 4.71. The van der Waals surface area contributed by atoms with E-state index in [1.165, 1.54) is 35.0 Å². The summed E-state index contributed by atoms with van der Waals surface area (Å²) in [7, 11) is 0. The normalized spacial score (nSPS) is 14.1. The van der Waals surface area contributed by atoms with Gasteiger partial charge in [-0.1, -0.05) is 24.3 Å². The summed E-state index contributed by atoms with van der Waals surface area (Å²) < 4.78 is 72.1. The van der Waals surface area contributed by atoms with Gasteiger partial charge in [0.15, 0.2) is 5.65 Å². The highest BCUT2D eigenvalue weighted by molar-refractivity contribution is 5.97. The summed E-state index contributed by atoms with van der Waals surface area (Å²) in [4.78, 5) is 16.7. The van der Waals surface area contributed by atoms with Crippen LogP contribution in [0.5, 0.6) is 0 Å². The standard InChI is InChI=1S/C24H20F5N5O2/c1-24(36,13-2-4-14(25)5-3-13)17(26)11-31-22(35)19-16(21(28)29)7-6-15(20(19)27)12-8-9-34-18(10-12)32-23(30)33-34/h2-10,17,21,36H,11H2,1H3,(H2,30,33)(H,31,35)/t17-,24+/m0/s1. The quantitative estimate of drug-likeness (QED) is 0.327. The molecule has 0 aliphatic rings. The lowest BCUT2D eigenvalue weighted by Gasteiger charge is -2.28. The number of pyridine rings is 1. The number of nitrogens with two attached hydrogens (primary N) is 1. The molecular weight excluding hydrogens is 485 g/mol. The number of carbonyl (C=O) groups excluding carboxylic acids is 1. The SMILES string of the molecule is C[C@@](O)(c1ccc(F)cc1)[C@@H](F)CNC(=O)c1c(C(F)F)ccc(-c2ccn3nc(N)nc3c2)c1F. The van der Waals surface area contributed by atoms with Gasteiger partial charge in [0.25, 0.3) is 12.3 Å². The second-order valence-corrected chi connectivity index (χ2v) is 8.21. The number of nitrogens with zero attached hydrogens (tertiary/aromatic N) is 3. The first-order valence-electron chi connectivity index (χ1n) is 10.6. The van der Waals surface area contributed by atoms with Gasteiger partial charge in [-0.2, -0.15) is 4.98 Å². The van der Waals surface area contributed by atoms with Gasteiger partial charge in [0, 0.05) is 17.3 Å².